The molecule has 0 spiro atoms. The number of piperidine rings is 1. The summed E-state index contributed by atoms with van der Waals surface area (Å²) in [5.74, 6) is -0.261. The van der Waals surface area contributed by atoms with Gasteiger partial charge in [-0.25, -0.2) is 8.42 Å². The number of carbonyl (C=O) groups excluding carboxylic acids is 1. The normalized spacial score (nSPS) is 19.4. The third-order valence-corrected chi connectivity index (χ3v) is 6.97. The summed E-state index contributed by atoms with van der Waals surface area (Å²) in [6, 6.07) is 11.4. The molecule has 1 aromatic heterocycles. The Hall–Kier alpha value is -2.25. The molecule has 1 aliphatic heterocycles. The highest BCUT2D eigenvalue weighted by molar-refractivity contribution is 7.89. The van der Waals surface area contributed by atoms with Crippen molar-refractivity contribution >= 4 is 15.9 Å². The van der Waals surface area contributed by atoms with Crippen molar-refractivity contribution in [1.29, 1.82) is 0 Å². The molecule has 2 atom stereocenters. The van der Waals surface area contributed by atoms with E-state index in [-0.39, 0.29) is 22.9 Å². The van der Waals surface area contributed by atoms with Gasteiger partial charge >= 0.3 is 0 Å². The number of rotatable bonds is 5. The summed E-state index contributed by atoms with van der Waals surface area (Å²) in [7, 11) is -3.53. The standard InChI is InChI=1S/C20H25N3O3S/c1-15-7-4-6-14-23(15)27(25,26)18-11-9-17(10-12-18)20(24)22-16(2)19-8-3-5-13-21-19/h3,5,8-13,15-16H,4,6-7,14H2,1-2H3,(H,22,24). The van der Waals surface area contributed by atoms with E-state index < -0.39 is 10.0 Å². The Morgan fingerprint density at radius 3 is 2.56 bits per heavy atom. The predicted molar refractivity (Wildman–Crippen MR) is 104 cm³/mol. The molecule has 0 radical (unpaired) electrons. The molecule has 1 saturated heterocycles. The number of hydrogen-bond acceptors (Lipinski definition) is 4. The minimum Gasteiger partial charge on any atom is -0.344 e. The molecule has 7 heteroatoms. The summed E-state index contributed by atoms with van der Waals surface area (Å²) in [4.78, 5) is 16.9. The number of benzene rings is 1. The highest BCUT2D eigenvalue weighted by Gasteiger charge is 2.30. The van der Waals surface area contributed by atoms with Gasteiger partial charge in [0.1, 0.15) is 0 Å². The van der Waals surface area contributed by atoms with E-state index in [1.807, 2.05) is 32.0 Å². The largest absolute Gasteiger partial charge is 0.344 e. The van der Waals surface area contributed by atoms with Crippen LogP contribution in [0, 0.1) is 0 Å². The van der Waals surface area contributed by atoms with Crippen LogP contribution in [0.25, 0.3) is 0 Å². The van der Waals surface area contributed by atoms with Gasteiger partial charge < -0.3 is 5.32 Å². The van der Waals surface area contributed by atoms with E-state index in [1.165, 1.54) is 12.1 Å². The van der Waals surface area contributed by atoms with E-state index in [4.69, 9.17) is 0 Å². The van der Waals surface area contributed by atoms with Crippen molar-refractivity contribution in [3.8, 4) is 0 Å². The molecule has 1 aliphatic rings. The molecule has 2 unspecified atom stereocenters. The van der Waals surface area contributed by atoms with Gasteiger partial charge in [0.25, 0.3) is 5.91 Å². The van der Waals surface area contributed by atoms with Gasteiger partial charge in [-0.1, -0.05) is 12.5 Å². The minimum atomic E-state index is -3.53. The fourth-order valence-corrected chi connectivity index (χ4v) is 5.03. The third-order valence-electron chi connectivity index (χ3n) is 4.94. The van der Waals surface area contributed by atoms with Crippen LogP contribution in [-0.2, 0) is 10.0 Å². The number of nitrogens with one attached hydrogen (secondary N) is 1. The quantitative estimate of drug-likeness (QED) is 0.855. The van der Waals surface area contributed by atoms with Crippen LogP contribution in [0.4, 0.5) is 0 Å². The second-order valence-electron chi connectivity index (χ2n) is 6.93. The van der Waals surface area contributed by atoms with Crippen LogP contribution in [0.2, 0.25) is 0 Å². The van der Waals surface area contributed by atoms with Crippen LogP contribution in [0.5, 0.6) is 0 Å². The maximum absolute atomic E-state index is 12.9. The Morgan fingerprint density at radius 2 is 1.93 bits per heavy atom. The van der Waals surface area contributed by atoms with E-state index >= 15 is 0 Å². The fraction of sp³-hybridized carbons (Fsp3) is 0.400. The van der Waals surface area contributed by atoms with Crippen LogP contribution < -0.4 is 5.32 Å². The van der Waals surface area contributed by atoms with Crippen LogP contribution in [-0.4, -0.2) is 36.2 Å². The summed E-state index contributed by atoms with van der Waals surface area (Å²) in [5.41, 5.74) is 1.19. The summed E-state index contributed by atoms with van der Waals surface area (Å²) < 4.78 is 27.3. The number of pyridine rings is 1. The van der Waals surface area contributed by atoms with Crippen LogP contribution in [0.15, 0.2) is 53.6 Å². The van der Waals surface area contributed by atoms with Gasteiger partial charge in [-0.2, -0.15) is 4.31 Å². The molecule has 3 rings (SSSR count). The van der Waals surface area contributed by atoms with Gasteiger partial charge in [0.05, 0.1) is 16.6 Å². The van der Waals surface area contributed by atoms with Gasteiger partial charge in [-0.05, 0) is 63.1 Å². The van der Waals surface area contributed by atoms with Crippen molar-refractivity contribution < 1.29 is 13.2 Å². The van der Waals surface area contributed by atoms with Gasteiger partial charge in [0.15, 0.2) is 0 Å². The Labute approximate surface area is 160 Å². The molecule has 6 nitrogen and oxygen atoms in total. The van der Waals surface area contributed by atoms with Gasteiger partial charge in [0, 0.05) is 24.3 Å². The zero-order chi connectivity index (χ0) is 19.4. The molecule has 0 saturated carbocycles. The van der Waals surface area contributed by atoms with E-state index in [0.29, 0.717) is 12.1 Å². The van der Waals surface area contributed by atoms with Gasteiger partial charge in [0.2, 0.25) is 10.0 Å². The molecular weight excluding hydrogens is 362 g/mol. The smallest absolute Gasteiger partial charge is 0.251 e. The zero-order valence-electron chi connectivity index (χ0n) is 15.6. The van der Waals surface area contributed by atoms with Gasteiger partial charge in [-0.15, -0.1) is 0 Å². The second kappa shape index (κ2) is 8.19. The molecule has 2 heterocycles. The Kier molecular flexibility index (Phi) is 5.92. The molecule has 1 N–H and O–H groups in total. The van der Waals surface area contributed by atoms with Crippen molar-refractivity contribution in [3.05, 3.63) is 59.9 Å². The highest BCUT2D eigenvalue weighted by atomic mass is 32.2. The first kappa shape index (κ1) is 19.5. The topological polar surface area (TPSA) is 79.4 Å². The Morgan fingerprint density at radius 1 is 1.19 bits per heavy atom. The van der Waals surface area contributed by atoms with Crippen LogP contribution in [0.1, 0.15) is 55.2 Å². The van der Waals surface area contributed by atoms with Crippen LogP contribution in [0.3, 0.4) is 0 Å². The Balaban J connectivity index is 1.72. The van der Waals surface area contributed by atoms with Crippen molar-refractivity contribution in [1.82, 2.24) is 14.6 Å². The average Bonchev–Trinajstić information content (AvgIpc) is 2.69. The first-order valence-corrected chi connectivity index (χ1v) is 10.7. The predicted octanol–water partition coefficient (Wildman–Crippen LogP) is 3.14. The molecule has 2 aromatic rings. The van der Waals surface area contributed by atoms with Gasteiger partial charge in [-0.3, -0.25) is 9.78 Å². The van der Waals surface area contributed by atoms with E-state index in [9.17, 15) is 13.2 Å². The lowest BCUT2D eigenvalue weighted by Crippen LogP contribution is -2.41. The monoisotopic (exact) mass is 387 g/mol. The molecule has 27 heavy (non-hydrogen) atoms. The fourth-order valence-electron chi connectivity index (χ4n) is 3.33. The number of sulfonamides is 1. The first-order chi connectivity index (χ1) is 12.9. The summed E-state index contributed by atoms with van der Waals surface area (Å²) >= 11 is 0. The molecular formula is C20H25N3O3S. The summed E-state index contributed by atoms with van der Waals surface area (Å²) in [6.45, 7) is 4.35. The number of hydrogen-bond donors (Lipinski definition) is 1. The summed E-state index contributed by atoms with van der Waals surface area (Å²) in [6.07, 6.45) is 4.50. The number of carbonyl (C=O) groups is 1. The molecule has 1 fully saturated rings. The van der Waals surface area contributed by atoms with Crippen molar-refractivity contribution in [3.63, 3.8) is 0 Å². The lowest BCUT2D eigenvalue weighted by Gasteiger charge is -2.32. The second-order valence-corrected chi connectivity index (χ2v) is 8.83. The lowest BCUT2D eigenvalue weighted by molar-refractivity contribution is 0.0939. The average molecular weight is 388 g/mol. The maximum Gasteiger partial charge on any atom is 0.251 e. The number of amides is 1. The molecule has 1 amide bonds. The van der Waals surface area contributed by atoms with Crippen molar-refractivity contribution in [2.45, 2.75) is 50.1 Å². The molecule has 144 valence electrons. The van der Waals surface area contributed by atoms with E-state index in [2.05, 4.69) is 10.3 Å². The molecule has 0 aliphatic carbocycles. The Bertz CT molecular complexity index is 882. The van der Waals surface area contributed by atoms with Crippen molar-refractivity contribution in [2.75, 3.05) is 6.54 Å². The highest BCUT2D eigenvalue weighted by Crippen LogP contribution is 2.25. The molecule has 1 aromatic carbocycles. The SMILES string of the molecule is CC(NC(=O)c1ccc(S(=O)(=O)N2CCCCC2C)cc1)c1ccccn1. The van der Waals surface area contributed by atoms with E-state index in [1.54, 1.807) is 22.6 Å². The van der Waals surface area contributed by atoms with Crippen LogP contribution >= 0.6 is 0 Å². The number of nitrogens with zero attached hydrogens (tertiary/aromatic N) is 2. The van der Waals surface area contributed by atoms with E-state index in [0.717, 1.165) is 25.0 Å². The minimum absolute atomic E-state index is 0.00551. The summed E-state index contributed by atoms with van der Waals surface area (Å²) in [5, 5.41) is 2.88. The zero-order valence-corrected chi connectivity index (χ0v) is 16.4. The molecule has 0 bridgehead atoms. The number of aromatic nitrogens is 1. The maximum atomic E-state index is 12.9. The first-order valence-electron chi connectivity index (χ1n) is 9.23. The third kappa shape index (κ3) is 4.36. The van der Waals surface area contributed by atoms with Crippen molar-refractivity contribution in [2.24, 2.45) is 0 Å². The lowest BCUT2D eigenvalue weighted by atomic mass is 10.1.